The van der Waals surface area contributed by atoms with Crippen LogP contribution < -0.4 is 10.1 Å². The monoisotopic (exact) mass is 314 g/mol. The van der Waals surface area contributed by atoms with Crippen LogP contribution in [0.25, 0.3) is 0 Å². The van der Waals surface area contributed by atoms with Gasteiger partial charge in [0.05, 0.1) is 12.6 Å². The number of azo groups is 1. The molecule has 2 aliphatic rings. The maximum absolute atomic E-state index is 12.2. The number of hydrogen-bond acceptors (Lipinski definition) is 4. The summed E-state index contributed by atoms with van der Waals surface area (Å²) in [7, 11) is 0. The van der Waals surface area contributed by atoms with Gasteiger partial charge in [0.1, 0.15) is 5.75 Å². The van der Waals surface area contributed by atoms with Gasteiger partial charge in [-0.2, -0.15) is 5.11 Å². The van der Waals surface area contributed by atoms with Gasteiger partial charge in [0.25, 0.3) is 5.91 Å². The van der Waals surface area contributed by atoms with Gasteiger partial charge in [0, 0.05) is 6.42 Å². The molecule has 0 aromatic heterocycles. The summed E-state index contributed by atoms with van der Waals surface area (Å²) in [6, 6.07) is 7.52. The minimum absolute atomic E-state index is 0.134. The van der Waals surface area contributed by atoms with E-state index in [0.717, 1.165) is 24.2 Å². The molecular formula is C17H22N4O2. The zero-order valence-electron chi connectivity index (χ0n) is 13.4. The molecule has 0 spiro atoms. The second kappa shape index (κ2) is 7.35. The number of carbonyl (C=O) groups excluding carboxylic acids is 1. The third-order valence-corrected chi connectivity index (χ3v) is 4.12. The normalized spacial score (nSPS) is 23.3. The van der Waals surface area contributed by atoms with Gasteiger partial charge < -0.3 is 4.74 Å². The second-order valence-corrected chi connectivity index (χ2v) is 5.89. The van der Waals surface area contributed by atoms with Crippen molar-refractivity contribution in [3.63, 3.8) is 0 Å². The van der Waals surface area contributed by atoms with Crippen molar-refractivity contribution in [1.82, 2.24) is 5.32 Å². The molecule has 1 heterocycles. The summed E-state index contributed by atoms with van der Waals surface area (Å²) in [6.45, 7) is 2.59. The lowest BCUT2D eigenvalue weighted by Gasteiger charge is -2.17. The summed E-state index contributed by atoms with van der Waals surface area (Å²) in [5.74, 6) is 1.06. The molecule has 1 amide bonds. The summed E-state index contributed by atoms with van der Waals surface area (Å²) in [5.41, 5.74) is 1.03. The van der Waals surface area contributed by atoms with Gasteiger partial charge in [0.2, 0.25) is 5.96 Å². The van der Waals surface area contributed by atoms with Gasteiger partial charge in [-0.1, -0.05) is 25.0 Å². The van der Waals surface area contributed by atoms with Crippen molar-refractivity contribution < 1.29 is 9.53 Å². The number of rotatable bonds is 5. The topological polar surface area (TPSA) is 75.4 Å². The first kappa shape index (κ1) is 15.6. The Hall–Kier alpha value is -2.24. The Bertz CT molecular complexity index is 604. The molecule has 6 nitrogen and oxygen atoms in total. The summed E-state index contributed by atoms with van der Waals surface area (Å²) in [6.07, 6.45) is 5.08. The third-order valence-electron chi connectivity index (χ3n) is 4.12. The minimum Gasteiger partial charge on any atom is -0.494 e. The van der Waals surface area contributed by atoms with E-state index >= 15 is 0 Å². The summed E-state index contributed by atoms with van der Waals surface area (Å²) in [4.78, 5) is 16.6. The molecule has 0 bridgehead atoms. The largest absolute Gasteiger partial charge is 0.494 e. The zero-order chi connectivity index (χ0) is 16.1. The van der Waals surface area contributed by atoms with E-state index in [2.05, 4.69) is 20.5 Å². The van der Waals surface area contributed by atoms with E-state index in [-0.39, 0.29) is 11.9 Å². The van der Waals surface area contributed by atoms with Gasteiger partial charge in [0.15, 0.2) is 6.04 Å². The van der Waals surface area contributed by atoms with Crippen LogP contribution in [0.1, 0.15) is 38.2 Å². The van der Waals surface area contributed by atoms with Crippen molar-refractivity contribution in [1.29, 1.82) is 0 Å². The van der Waals surface area contributed by atoms with Gasteiger partial charge in [-0.25, -0.2) is 4.99 Å². The Morgan fingerprint density at radius 2 is 2.00 bits per heavy atom. The van der Waals surface area contributed by atoms with E-state index in [1.54, 1.807) is 0 Å². The van der Waals surface area contributed by atoms with Crippen LogP contribution in [0.3, 0.4) is 0 Å². The lowest BCUT2D eigenvalue weighted by Crippen LogP contribution is -2.41. The Balaban J connectivity index is 1.61. The number of nitrogens with one attached hydrogen (secondary N) is 1. The summed E-state index contributed by atoms with van der Waals surface area (Å²) < 4.78 is 5.41. The van der Waals surface area contributed by atoms with E-state index in [9.17, 15) is 4.79 Å². The Morgan fingerprint density at radius 3 is 2.65 bits per heavy atom. The Morgan fingerprint density at radius 1 is 1.26 bits per heavy atom. The van der Waals surface area contributed by atoms with Crippen LogP contribution in [-0.4, -0.2) is 30.6 Å². The van der Waals surface area contributed by atoms with Gasteiger partial charge in [-0.3, -0.25) is 10.1 Å². The number of amides is 1. The van der Waals surface area contributed by atoms with Crippen LogP contribution in [0.5, 0.6) is 5.75 Å². The summed E-state index contributed by atoms with van der Waals surface area (Å²) in [5, 5.41) is 11.0. The minimum atomic E-state index is -0.490. The van der Waals surface area contributed by atoms with Crippen molar-refractivity contribution in [3.8, 4) is 5.75 Å². The molecule has 1 unspecified atom stereocenters. The number of nitrogens with zero attached hydrogens (tertiary/aromatic N) is 3. The molecule has 1 aliphatic carbocycles. The van der Waals surface area contributed by atoms with E-state index in [1.165, 1.54) is 12.8 Å². The van der Waals surface area contributed by atoms with Gasteiger partial charge in [-0.05, 0) is 37.5 Å². The molecule has 1 N–H and O–H groups in total. The standard InChI is InChI=1S/C17H22N4O2/c1-2-23-14-9-7-12(8-10-14)11-15-16(22)19-17(21-20-15)18-13-5-3-4-6-13/h7-10,13,15H,2-6,11H2,1H3,(H,18,19,22). The van der Waals surface area contributed by atoms with E-state index in [4.69, 9.17) is 4.74 Å². The third kappa shape index (κ3) is 4.15. The van der Waals surface area contributed by atoms with Crippen molar-refractivity contribution in [3.05, 3.63) is 29.8 Å². The van der Waals surface area contributed by atoms with Crippen LogP contribution in [0.15, 0.2) is 39.5 Å². The van der Waals surface area contributed by atoms with Crippen LogP contribution in [0, 0.1) is 0 Å². The predicted molar refractivity (Wildman–Crippen MR) is 87.8 cm³/mol. The molecule has 1 aromatic carbocycles. The Labute approximate surface area is 136 Å². The van der Waals surface area contributed by atoms with Crippen LogP contribution in [0.4, 0.5) is 0 Å². The fourth-order valence-electron chi connectivity index (χ4n) is 2.90. The fraction of sp³-hybridized carbons (Fsp3) is 0.529. The average molecular weight is 314 g/mol. The maximum Gasteiger partial charge on any atom is 0.253 e. The number of aliphatic imine (C=N–C) groups is 1. The van der Waals surface area contributed by atoms with Crippen molar-refractivity contribution >= 4 is 11.9 Å². The molecular weight excluding hydrogens is 292 g/mol. The van der Waals surface area contributed by atoms with Crippen molar-refractivity contribution in [2.24, 2.45) is 15.2 Å². The smallest absolute Gasteiger partial charge is 0.253 e. The second-order valence-electron chi connectivity index (χ2n) is 5.89. The molecule has 0 radical (unpaired) electrons. The maximum atomic E-state index is 12.2. The highest BCUT2D eigenvalue weighted by atomic mass is 16.5. The van der Waals surface area contributed by atoms with Gasteiger partial charge in [-0.15, -0.1) is 5.11 Å². The number of hydrogen-bond donors (Lipinski definition) is 1. The average Bonchev–Trinajstić information content (AvgIpc) is 3.05. The van der Waals surface area contributed by atoms with Crippen LogP contribution >= 0.6 is 0 Å². The highest BCUT2D eigenvalue weighted by Crippen LogP contribution is 2.21. The lowest BCUT2D eigenvalue weighted by molar-refractivity contribution is -0.121. The van der Waals surface area contributed by atoms with Crippen LogP contribution in [0.2, 0.25) is 0 Å². The first-order valence-corrected chi connectivity index (χ1v) is 8.26. The molecule has 1 saturated carbocycles. The number of guanidine groups is 1. The van der Waals surface area contributed by atoms with Gasteiger partial charge >= 0.3 is 0 Å². The highest BCUT2D eigenvalue weighted by molar-refractivity contribution is 6.01. The number of ether oxygens (including phenoxy) is 1. The van der Waals surface area contributed by atoms with Crippen LogP contribution in [-0.2, 0) is 11.2 Å². The number of benzene rings is 1. The quantitative estimate of drug-likeness (QED) is 0.907. The lowest BCUT2D eigenvalue weighted by atomic mass is 10.1. The highest BCUT2D eigenvalue weighted by Gasteiger charge is 2.25. The fourth-order valence-corrected chi connectivity index (χ4v) is 2.90. The molecule has 122 valence electrons. The van der Waals surface area contributed by atoms with E-state index in [0.29, 0.717) is 19.0 Å². The molecule has 1 aromatic rings. The van der Waals surface area contributed by atoms with E-state index < -0.39 is 6.04 Å². The molecule has 0 saturated heterocycles. The Kier molecular flexibility index (Phi) is 5.00. The summed E-state index contributed by atoms with van der Waals surface area (Å²) >= 11 is 0. The first-order valence-electron chi connectivity index (χ1n) is 8.26. The van der Waals surface area contributed by atoms with Crippen molar-refractivity contribution in [2.75, 3.05) is 6.61 Å². The van der Waals surface area contributed by atoms with Crippen molar-refractivity contribution in [2.45, 2.75) is 51.1 Å². The number of carbonyl (C=O) groups is 1. The molecule has 23 heavy (non-hydrogen) atoms. The molecule has 1 fully saturated rings. The first-order chi connectivity index (χ1) is 11.2. The molecule has 1 aliphatic heterocycles. The SMILES string of the molecule is CCOc1ccc(CC2N=NC(=NC3CCCC3)NC2=O)cc1. The molecule has 1 atom stereocenters. The zero-order valence-corrected chi connectivity index (χ0v) is 13.4. The molecule has 6 heteroatoms. The predicted octanol–water partition coefficient (Wildman–Crippen LogP) is 2.88. The van der Waals surface area contributed by atoms with E-state index in [1.807, 2.05) is 31.2 Å². The molecule has 3 rings (SSSR count).